The second kappa shape index (κ2) is 7.86. The zero-order valence-electron chi connectivity index (χ0n) is 15.2. The third-order valence-electron chi connectivity index (χ3n) is 4.02. The number of carbonyl (C=O) groups is 2. The predicted molar refractivity (Wildman–Crippen MR) is 104 cm³/mol. The number of aromatic nitrogens is 2. The summed E-state index contributed by atoms with van der Waals surface area (Å²) in [6, 6.07) is 7.96. The lowest BCUT2D eigenvalue weighted by Gasteiger charge is -2.23. The molecule has 0 bridgehead atoms. The Bertz CT molecular complexity index is 855. The van der Waals surface area contributed by atoms with Gasteiger partial charge in [0.15, 0.2) is 5.82 Å². The number of carbonyl (C=O) groups excluding carboxylic acids is 2. The molecular weight excluding hydrogens is 348 g/mol. The van der Waals surface area contributed by atoms with E-state index in [0.29, 0.717) is 28.7 Å². The molecule has 1 aliphatic heterocycles. The van der Waals surface area contributed by atoms with Gasteiger partial charge in [0, 0.05) is 18.4 Å². The summed E-state index contributed by atoms with van der Waals surface area (Å²) < 4.78 is 1.54. The number of anilines is 1. The summed E-state index contributed by atoms with van der Waals surface area (Å²) in [4.78, 5) is 29.3. The molecule has 0 spiro atoms. The summed E-state index contributed by atoms with van der Waals surface area (Å²) in [6.45, 7) is 5.93. The molecule has 0 atom stereocenters. The topological polar surface area (TPSA) is 67.6 Å². The molecule has 2 aromatic rings. The van der Waals surface area contributed by atoms with E-state index >= 15 is 0 Å². The van der Waals surface area contributed by atoms with Crippen molar-refractivity contribution in [2.75, 3.05) is 5.01 Å². The highest BCUT2D eigenvalue weighted by molar-refractivity contribution is 8.14. The number of imidazole rings is 1. The van der Waals surface area contributed by atoms with Crippen LogP contribution in [0.3, 0.4) is 0 Å². The second-order valence-electron chi connectivity index (χ2n) is 6.22. The first-order valence-electron chi connectivity index (χ1n) is 8.82. The predicted octanol–water partition coefficient (Wildman–Crippen LogP) is 4.23. The highest BCUT2D eigenvalue weighted by Crippen LogP contribution is 2.37. The number of hydrogen-bond donors (Lipinski definition) is 0. The van der Waals surface area contributed by atoms with Crippen LogP contribution in [0.25, 0.3) is 0 Å². The van der Waals surface area contributed by atoms with Crippen LogP contribution >= 0.6 is 11.8 Å². The molecular formula is C19H22N4O2S. The highest BCUT2D eigenvalue weighted by atomic mass is 32.2. The average Bonchev–Trinajstić information content (AvgIpc) is 3.06. The minimum Gasteiger partial charge on any atom is -0.274 e. The van der Waals surface area contributed by atoms with E-state index in [4.69, 9.17) is 0 Å². The van der Waals surface area contributed by atoms with Gasteiger partial charge in [-0.25, -0.2) is 4.98 Å². The van der Waals surface area contributed by atoms with Gasteiger partial charge < -0.3 is 0 Å². The number of hydrogen-bond acceptors (Lipinski definition) is 5. The molecule has 6 nitrogen and oxygen atoms in total. The monoisotopic (exact) mass is 370 g/mol. The first-order valence-corrected chi connectivity index (χ1v) is 9.63. The maximum Gasteiger partial charge on any atom is 0.248 e. The van der Waals surface area contributed by atoms with Gasteiger partial charge in [-0.05, 0) is 31.5 Å². The Morgan fingerprint density at radius 3 is 2.35 bits per heavy atom. The van der Waals surface area contributed by atoms with Gasteiger partial charge in [0.2, 0.25) is 11.8 Å². The number of benzene rings is 1. The van der Waals surface area contributed by atoms with Crippen LogP contribution in [0.4, 0.5) is 5.82 Å². The van der Waals surface area contributed by atoms with E-state index < -0.39 is 0 Å². The second-order valence-corrected chi connectivity index (χ2v) is 7.19. The number of nitrogens with zero attached hydrogens (tertiary/aromatic N) is 4. The number of hydrazone groups is 1. The summed E-state index contributed by atoms with van der Waals surface area (Å²) >= 11 is 1.38. The molecule has 136 valence electrons. The van der Waals surface area contributed by atoms with E-state index in [-0.39, 0.29) is 11.8 Å². The Morgan fingerprint density at radius 1 is 1.04 bits per heavy atom. The molecule has 1 aromatic carbocycles. The van der Waals surface area contributed by atoms with Gasteiger partial charge in [-0.15, -0.1) is 0 Å². The van der Waals surface area contributed by atoms with Gasteiger partial charge in [0.25, 0.3) is 0 Å². The van der Waals surface area contributed by atoms with Crippen molar-refractivity contribution in [3.8, 4) is 0 Å². The minimum atomic E-state index is -0.119. The fourth-order valence-electron chi connectivity index (χ4n) is 2.64. The number of fused-ring (bicyclic) bond motifs is 1. The van der Waals surface area contributed by atoms with Crippen LogP contribution in [0.15, 0.2) is 40.7 Å². The Labute approximate surface area is 157 Å². The average molecular weight is 370 g/mol. The lowest BCUT2D eigenvalue weighted by Crippen LogP contribution is -2.30. The first kappa shape index (κ1) is 18.4. The van der Waals surface area contributed by atoms with Crippen LogP contribution in [-0.2, 0) is 4.79 Å². The molecule has 26 heavy (non-hydrogen) atoms. The van der Waals surface area contributed by atoms with Crippen LogP contribution in [-0.4, -0.2) is 26.4 Å². The van der Waals surface area contributed by atoms with Crippen molar-refractivity contribution in [1.29, 1.82) is 0 Å². The van der Waals surface area contributed by atoms with Crippen LogP contribution in [0.5, 0.6) is 0 Å². The van der Waals surface area contributed by atoms with Crippen molar-refractivity contribution in [3.05, 3.63) is 41.7 Å². The SMILES string of the molecule is CCCC(=O)N1N=C(c2ccc(C)cc2)Sc2c1ncn2C(=O)CCC. The van der Waals surface area contributed by atoms with Crippen molar-refractivity contribution in [3.63, 3.8) is 0 Å². The van der Waals surface area contributed by atoms with Crippen molar-refractivity contribution < 1.29 is 9.59 Å². The lowest BCUT2D eigenvalue weighted by atomic mass is 10.2. The molecule has 0 aliphatic carbocycles. The molecule has 3 rings (SSSR count). The van der Waals surface area contributed by atoms with Gasteiger partial charge in [-0.1, -0.05) is 43.7 Å². The molecule has 1 amide bonds. The molecule has 1 aromatic heterocycles. The maximum absolute atomic E-state index is 12.6. The van der Waals surface area contributed by atoms with Gasteiger partial charge in [0.1, 0.15) is 16.4 Å². The van der Waals surface area contributed by atoms with Crippen LogP contribution < -0.4 is 5.01 Å². The Hall–Kier alpha value is -2.41. The first-order chi connectivity index (χ1) is 12.5. The standard InChI is InChI=1S/C19H22N4O2S/c1-4-6-15(24)22-12-20-17-19(22)26-18(14-10-8-13(3)9-11-14)21-23(17)16(25)7-5-2/h8-12H,4-7H2,1-3H3. The number of rotatable bonds is 5. The summed E-state index contributed by atoms with van der Waals surface area (Å²) in [5, 5.41) is 7.22. The quantitative estimate of drug-likeness (QED) is 0.790. The van der Waals surface area contributed by atoms with E-state index in [1.807, 2.05) is 45.0 Å². The number of thioether (sulfide) groups is 1. The van der Waals surface area contributed by atoms with Gasteiger partial charge in [-0.3, -0.25) is 14.2 Å². The zero-order chi connectivity index (χ0) is 18.7. The van der Waals surface area contributed by atoms with Gasteiger partial charge in [0.05, 0.1) is 0 Å². The summed E-state index contributed by atoms with van der Waals surface area (Å²) in [5.74, 6) is 0.294. The fourth-order valence-corrected chi connectivity index (χ4v) is 3.67. The summed E-state index contributed by atoms with van der Waals surface area (Å²) in [6.07, 6.45) is 3.79. The largest absolute Gasteiger partial charge is 0.274 e. The molecule has 1 aliphatic rings. The smallest absolute Gasteiger partial charge is 0.248 e. The lowest BCUT2D eigenvalue weighted by molar-refractivity contribution is -0.118. The maximum atomic E-state index is 12.6. The molecule has 0 fully saturated rings. The normalized spacial score (nSPS) is 13.3. The van der Waals surface area contributed by atoms with E-state index in [2.05, 4.69) is 10.1 Å². The third-order valence-corrected chi connectivity index (χ3v) is 5.10. The molecule has 0 saturated heterocycles. The molecule has 0 unspecified atom stereocenters. The van der Waals surface area contributed by atoms with Crippen molar-refractivity contribution in [1.82, 2.24) is 9.55 Å². The Balaban J connectivity index is 2.04. The zero-order valence-corrected chi connectivity index (χ0v) is 16.0. The number of aryl methyl sites for hydroxylation is 1. The third kappa shape index (κ3) is 3.58. The summed E-state index contributed by atoms with van der Waals surface area (Å²) in [7, 11) is 0. The van der Waals surface area contributed by atoms with E-state index in [1.165, 1.54) is 23.1 Å². The molecule has 2 heterocycles. The van der Waals surface area contributed by atoms with Crippen LogP contribution in [0.2, 0.25) is 0 Å². The molecule has 7 heteroatoms. The van der Waals surface area contributed by atoms with E-state index in [0.717, 1.165) is 24.0 Å². The van der Waals surface area contributed by atoms with Crippen molar-refractivity contribution >= 4 is 34.4 Å². The highest BCUT2D eigenvalue weighted by Gasteiger charge is 2.31. The Morgan fingerprint density at radius 2 is 1.69 bits per heavy atom. The van der Waals surface area contributed by atoms with Gasteiger partial charge in [-0.2, -0.15) is 10.1 Å². The summed E-state index contributed by atoms with van der Waals surface area (Å²) in [5.41, 5.74) is 2.06. The molecule has 0 N–H and O–H groups in total. The minimum absolute atomic E-state index is 0.0261. The van der Waals surface area contributed by atoms with E-state index in [1.54, 1.807) is 4.57 Å². The molecule has 0 saturated carbocycles. The van der Waals surface area contributed by atoms with Gasteiger partial charge >= 0.3 is 0 Å². The fraction of sp³-hybridized carbons (Fsp3) is 0.368. The molecule has 0 radical (unpaired) electrons. The number of amides is 1. The Kier molecular flexibility index (Phi) is 5.56. The van der Waals surface area contributed by atoms with E-state index in [9.17, 15) is 9.59 Å². The van der Waals surface area contributed by atoms with Crippen molar-refractivity contribution in [2.24, 2.45) is 5.10 Å². The van der Waals surface area contributed by atoms with Crippen LogP contribution in [0.1, 0.15) is 55.5 Å². The van der Waals surface area contributed by atoms with Crippen LogP contribution in [0, 0.1) is 6.92 Å². The van der Waals surface area contributed by atoms with Crippen molar-refractivity contribution in [2.45, 2.75) is 51.5 Å².